The number of hydrogen-bond acceptors (Lipinski definition) is 0. The molecule has 11 heavy (non-hydrogen) atoms. The fourth-order valence-electron chi connectivity index (χ4n) is 1.71. The minimum absolute atomic E-state index is 0.0412. The first-order valence-electron chi connectivity index (χ1n) is 5.02. The summed E-state index contributed by atoms with van der Waals surface area (Å²) in [7, 11) is -0.0412. The molecule has 0 nitrogen and oxygen atoms in total. The van der Waals surface area contributed by atoms with E-state index in [2.05, 4.69) is 34.6 Å². The van der Waals surface area contributed by atoms with Crippen LogP contribution in [-0.4, -0.2) is 8.80 Å². The van der Waals surface area contributed by atoms with Gasteiger partial charge in [-0.3, -0.25) is 0 Å². The van der Waals surface area contributed by atoms with Gasteiger partial charge in [0, 0.05) is 0 Å². The highest BCUT2D eigenvalue weighted by Gasteiger charge is 2.20. The second kappa shape index (κ2) is 5.82. The van der Waals surface area contributed by atoms with Crippen molar-refractivity contribution in [3.05, 3.63) is 0 Å². The van der Waals surface area contributed by atoms with Gasteiger partial charge in [-0.25, -0.2) is 0 Å². The van der Waals surface area contributed by atoms with Crippen molar-refractivity contribution in [3.63, 3.8) is 0 Å². The second-order valence-electron chi connectivity index (χ2n) is 3.55. The maximum Gasteiger partial charge on any atom is 0.0536 e. The standard InChI is InChI=1S/C10H23Si/c1-6-9(4)11(8-3)10(5)7-2/h9-10H,6-8H2,1-5H3. The highest BCUT2D eigenvalue weighted by atomic mass is 28.3. The minimum Gasteiger partial charge on any atom is -0.0680 e. The molecular formula is C10H23Si. The molecule has 0 aromatic heterocycles. The Morgan fingerprint density at radius 1 is 0.909 bits per heavy atom. The van der Waals surface area contributed by atoms with Crippen LogP contribution in [0.15, 0.2) is 0 Å². The Balaban J connectivity index is 3.92. The lowest BCUT2D eigenvalue weighted by atomic mass is 10.3. The highest BCUT2D eigenvalue weighted by molar-refractivity contribution is 6.61. The average molecular weight is 171 g/mol. The Hall–Kier alpha value is 0.217. The molecule has 1 radical (unpaired) electrons. The van der Waals surface area contributed by atoms with Crippen LogP contribution in [0.1, 0.15) is 47.5 Å². The van der Waals surface area contributed by atoms with Crippen LogP contribution in [0.3, 0.4) is 0 Å². The van der Waals surface area contributed by atoms with Crippen molar-refractivity contribution in [1.82, 2.24) is 0 Å². The van der Waals surface area contributed by atoms with Gasteiger partial charge in [0.2, 0.25) is 0 Å². The molecule has 2 unspecified atom stereocenters. The Kier molecular flexibility index (Phi) is 5.93. The monoisotopic (exact) mass is 171 g/mol. The van der Waals surface area contributed by atoms with Crippen LogP contribution in [0.2, 0.25) is 17.1 Å². The van der Waals surface area contributed by atoms with Crippen molar-refractivity contribution in [2.45, 2.75) is 64.6 Å². The van der Waals surface area contributed by atoms with Gasteiger partial charge < -0.3 is 0 Å². The number of rotatable bonds is 5. The summed E-state index contributed by atoms with van der Waals surface area (Å²) in [5, 5.41) is 0. The Morgan fingerprint density at radius 2 is 1.27 bits per heavy atom. The topological polar surface area (TPSA) is 0 Å². The van der Waals surface area contributed by atoms with Crippen LogP contribution in [0.5, 0.6) is 0 Å². The van der Waals surface area contributed by atoms with Gasteiger partial charge in [0.15, 0.2) is 0 Å². The zero-order valence-electron chi connectivity index (χ0n) is 8.78. The summed E-state index contributed by atoms with van der Waals surface area (Å²) in [6.07, 6.45) is 2.76. The third kappa shape index (κ3) is 3.41. The van der Waals surface area contributed by atoms with Crippen LogP contribution in [0, 0.1) is 0 Å². The van der Waals surface area contributed by atoms with Gasteiger partial charge in [0.25, 0.3) is 0 Å². The first-order chi connectivity index (χ1) is 5.17. The summed E-state index contributed by atoms with van der Waals surface area (Å²) in [6.45, 7) is 11.9. The molecule has 0 N–H and O–H groups in total. The fourth-order valence-corrected chi connectivity index (χ4v) is 5.12. The van der Waals surface area contributed by atoms with Gasteiger partial charge in [-0.2, -0.15) is 0 Å². The van der Waals surface area contributed by atoms with Gasteiger partial charge >= 0.3 is 0 Å². The Bertz CT molecular complexity index is 80.9. The highest BCUT2D eigenvalue weighted by Crippen LogP contribution is 2.28. The Labute approximate surface area is 74.0 Å². The SMILES string of the molecule is CCC(C)[Si](CC)C(C)CC. The molecule has 0 saturated heterocycles. The molecule has 0 aromatic rings. The van der Waals surface area contributed by atoms with E-state index in [1.807, 2.05) is 0 Å². The Morgan fingerprint density at radius 3 is 1.45 bits per heavy atom. The predicted octanol–water partition coefficient (Wildman–Crippen LogP) is 4.10. The van der Waals surface area contributed by atoms with Crippen molar-refractivity contribution < 1.29 is 0 Å². The summed E-state index contributed by atoms with van der Waals surface area (Å²) in [5.41, 5.74) is 2.03. The largest absolute Gasteiger partial charge is 0.0680 e. The van der Waals surface area contributed by atoms with Gasteiger partial charge in [0.05, 0.1) is 8.80 Å². The summed E-state index contributed by atoms with van der Waals surface area (Å²) in [5.74, 6) is 0. The van der Waals surface area contributed by atoms with Crippen molar-refractivity contribution in [2.24, 2.45) is 0 Å². The quantitative estimate of drug-likeness (QED) is 0.546. The van der Waals surface area contributed by atoms with E-state index in [4.69, 9.17) is 0 Å². The summed E-state index contributed by atoms with van der Waals surface area (Å²) < 4.78 is 0. The zero-order chi connectivity index (χ0) is 8.85. The van der Waals surface area contributed by atoms with Crippen LogP contribution in [0.4, 0.5) is 0 Å². The lowest BCUT2D eigenvalue weighted by Gasteiger charge is -2.25. The molecule has 2 atom stereocenters. The van der Waals surface area contributed by atoms with Crippen LogP contribution >= 0.6 is 0 Å². The van der Waals surface area contributed by atoms with E-state index < -0.39 is 0 Å². The van der Waals surface area contributed by atoms with Gasteiger partial charge in [-0.15, -0.1) is 0 Å². The molecule has 0 rings (SSSR count). The molecule has 0 heterocycles. The van der Waals surface area contributed by atoms with Crippen molar-refractivity contribution in [2.75, 3.05) is 0 Å². The molecule has 1 heteroatoms. The molecule has 0 aliphatic heterocycles. The van der Waals surface area contributed by atoms with Crippen LogP contribution in [0.25, 0.3) is 0 Å². The summed E-state index contributed by atoms with van der Waals surface area (Å²) in [6, 6.07) is 1.45. The molecule has 67 valence electrons. The van der Waals surface area contributed by atoms with E-state index in [1.54, 1.807) is 0 Å². The van der Waals surface area contributed by atoms with E-state index in [1.165, 1.54) is 18.9 Å². The van der Waals surface area contributed by atoms with E-state index in [0.29, 0.717) is 0 Å². The van der Waals surface area contributed by atoms with Crippen molar-refractivity contribution in [1.29, 1.82) is 0 Å². The van der Waals surface area contributed by atoms with E-state index in [-0.39, 0.29) is 8.80 Å². The minimum atomic E-state index is -0.0412. The van der Waals surface area contributed by atoms with Crippen molar-refractivity contribution in [3.8, 4) is 0 Å². The van der Waals surface area contributed by atoms with E-state index in [9.17, 15) is 0 Å². The van der Waals surface area contributed by atoms with Gasteiger partial charge in [-0.05, 0) is 11.1 Å². The van der Waals surface area contributed by atoms with Gasteiger partial charge in [-0.1, -0.05) is 53.5 Å². The molecular weight excluding hydrogens is 148 g/mol. The lowest BCUT2D eigenvalue weighted by molar-refractivity contribution is 0.775. The summed E-state index contributed by atoms with van der Waals surface area (Å²) >= 11 is 0. The van der Waals surface area contributed by atoms with Crippen LogP contribution < -0.4 is 0 Å². The smallest absolute Gasteiger partial charge is 0.0536 e. The van der Waals surface area contributed by atoms with E-state index >= 15 is 0 Å². The third-order valence-electron chi connectivity index (χ3n) is 2.90. The molecule has 0 saturated carbocycles. The second-order valence-corrected chi connectivity index (χ2v) is 7.38. The molecule has 0 aliphatic rings. The molecule has 0 aliphatic carbocycles. The number of hydrogen-bond donors (Lipinski definition) is 0. The maximum absolute atomic E-state index is 2.43. The molecule has 0 fully saturated rings. The normalized spacial score (nSPS) is 16.9. The summed E-state index contributed by atoms with van der Waals surface area (Å²) in [4.78, 5) is 0. The first-order valence-corrected chi connectivity index (χ1v) is 6.89. The molecule has 0 aromatic carbocycles. The maximum atomic E-state index is 2.43. The predicted molar refractivity (Wildman–Crippen MR) is 55.7 cm³/mol. The lowest BCUT2D eigenvalue weighted by Crippen LogP contribution is -2.22. The zero-order valence-corrected chi connectivity index (χ0v) is 9.78. The first kappa shape index (κ1) is 11.2. The molecule has 0 spiro atoms. The molecule has 0 bridgehead atoms. The fraction of sp³-hybridized carbons (Fsp3) is 1.00. The third-order valence-corrected chi connectivity index (χ3v) is 7.06. The van der Waals surface area contributed by atoms with Gasteiger partial charge in [0.1, 0.15) is 0 Å². The molecule has 0 amide bonds. The van der Waals surface area contributed by atoms with Crippen LogP contribution in [-0.2, 0) is 0 Å². The van der Waals surface area contributed by atoms with E-state index in [0.717, 1.165) is 11.1 Å². The average Bonchev–Trinajstić information content (AvgIpc) is 2.05. The van der Waals surface area contributed by atoms with Crippen molar-refractivity contribution >= 4 is 8.80 Å².